The zero-order valence-corrected chi connectivity index (χ0v) is 15.6. The van der Waals surface area contributed by atoms with Gasteiger partial charge in [0.25, 0.3) is 0 Å². The van der Waals surface area contributed by atoms with Crippen molar-refractivity contribution in [2.75, 3.05) is 25.0 Å². The van der Waals surface area contributed by atoms with Gasteiger partial charge in [-0.25, -0.2) is 9.78 Å². The van der Waals surface area contributed by atoms with Gasteiger partial charge in [0.2, 0.25) is 0 Å². The minimum absolute atomic E-state index is 0.152. The van der Waals surface area contributed by atoms with E-state index < -0.39 is 17.5 Å². The molecule has 0 aliphatic carbocycles. The Kier molecular flexibility index (Phi) is 6.03. The van der Waals surface area contributed by atoms with Gasteiger partial charge in [-0.15, -0.1) is 0 Å². The molecular formula is C18H26F3N3O2. The quantitative estimate of drug-likeness (QED) is 0.849. The molecule has 146 valence electrons. The van der Waals surface area contributed by atoms with Crippen LogP contribution in [0.4, 0.5) is 23.7 Å². The van der Waals surface area contributed by atoms with Crippen molar-refractivity contribution < 1.29 is 22.7 Å². The Hall–Kier alpha value is -1.99. The lowest BCUT2D eigenvalue weighted by Crippen LogP contribution is -2.44. The second kappa shape index (κ2) is 7.72. The van der Waals surface area contributed by atoms with Gasteiger partial charge in [0.15, 0.2) is 0 Å². The molecule has 1 aromatic heterocycles. The maximum absolute atomic E-state index is 12.9. The van der Waals surface area contributed by atoms with Gasteiger partial charge in [-0.1, -0.05) is 0 Å². The van der Waals surface area contributed by atoms with Crippen LogP contribution in [0, 0.1) is 12.8 Å². The summed E-state index contributed by atoms with van der Waals surface area (Å²) in [6.45, 7) is 8.63. The Balaban J connectivity index is 1.95. The third-order valence-electron chi connectivity index (χ3n) is 4.01. The van der Waals surface area contributed by atoms with Crippen molar-refractivity contribution in [3.8, 4) is 0 Å². The first kappa shape index (κ1) is 20.3. The summed E-state index contributed by atoms with van der Waals surface area (Å²) in [4.78, 5) is 17.4. The summed E-state index contributed by atoms with van der Waals surface area (Å²) in [5, 5.41) is 3.06. The number of anilines is 1. The number of alkyl halides is 3. The number of aryl methyl sites for hydroxylation is 1. The zero-order valence-electron chi connectivity index (χ0n) is 15.6. The number of nitrogens with one attached hydrogen (secondary N) is 1. The molecule has 1 aliphatic rings. The Morgan fingerprint density at radius 3 is 2.65 bits per heavy atom. The number of pyridine rings is 1. The van der Waals surface area contributed by atoms with Crippen LogP contribution in [-0.4, -0.2) is 41.2 Å². The Labute approximate surface area is 151 Å². The van der Waals surface area contributed by atoms with Crippen LogP contribution in [0.5, 0.6) is 0 Å². The lowest BCUT2D eigenvalue weighted by Gasteiger charge is -2.34. The Bertz CT molecular complexity index is 642. The van der Waals surface area contributed by atoms with Crippen molar-refractivity contribution in [1.29, 1.82) is 0 Å². The number of amides is 1. The highest BCUT2D eigenvalue weighted by molar-refractivity contribution is 5.68. The molecule has 0 aromatic carbocycles. The van der Waals surface area contributed by atoms with Crippen LogP contribution in [0.3, 0.4) is 0 Å². The van der Waals surface area contributed by atoms with E-state index in [0.717, 1.165) is 18.9 Å². The maximum Gasteiger partial charge on any atom is 0.433 e. The summed E-state index contributed by atoms with van der Waals surface area (Å²) in [5.74, 6) is 0.152. The fourth-order valence-electron chi connectivity index (χ4n) is 2.90. The van der Waals surface area contributed by atoms with Crippen LogP contribution in [0.25, 0.3) is 0 Å². The van der Waals surface area contributed by atoms with Crippen LogP contribution < -0.4 is 5.32 Å². The van der Waals surface area contributed by atoms with E-state index in [0.29, 0.717) is 31.0 Å². The molecule has 1 N–H and O–H groups in total. The van der Waals surface area contributed by atoms with Crippen LogP contribution in [-0.2, 0) is 10.9 Å². The van der Waals surface area contributed by atoms with E-state index in [-0.39, 0.29) is 12.0 Å². The summed E-state index contributed by atoms with van der Waals surface area (Å²) in [6, 6.07) is 2.60. The number of likely N-dealkylation sites (tertiary alicyclic amines) is 1. The van der Waals surface area contributed by atoms with Crippen LogP contribution in [0.1, 0.15) is 45.0 Å². The Morgan fingerprint density at radius 1 is 1.35 bits per heavy atom. The minimum atomic E-state index is -4.47. The number of piperidine rings is 1. The van der Waals surface area contributed by atoms with Crippen molar-refractivity contribution in [3.63, 3.8) is 0 Å². The van der Waals surface area contributed by atoms with Gasteiger partial charge in [0.05, 0.1) is 0 Å². The zero-order chi connectivity index (χ0) is 19.5. The maximum atomic E-state index is 12.9. The number of nitrogens with zero attached hydrogens (tertiary/aromatic N) is 2. The first-order valence-corrected chi connectivity index (χ1v) is 8.72. The van der Waals surface area contributed by atoms with E-state index in [9.17, 15) is 18.0 Å². The second-order valence-electron chi connectivity index (χ2n) is 7.70. The molecule has 1 fully saturated rings. The number of carbonyl (C=O) groups is 1. The van der Waals surface area contributed by atoms with Crippen molar-refractivity contribution in [1.82, 2.24) is 9.88 Å². The summed E-state index contributed by atoms with van der Waals surface area (Å²) < 4.78 is 44.0. The third-order valence-corrected chi connectivity index (χ3v) is 4.01. The Morgan fingerprint density at radius 2 is 2.04 bits per heavy atom. The highest BCUT2D eigenvalue weighted by atomic mass is 19.4. The van der Waals surface area contributed by atoms with Gasteiger partial charge >= 0.3 is 12.3 Å². The standard InChI is InChI=1S/C18H26F3N3O2/c1-12-8-14(9-15(23-12)18(19,20)21)22-10-13-6-5-7-24(11-13)16(25)26-17(2,3)4/h8-9,13H,5-7,10-11H2,1-4H3,(H,22,23). The fraction of sp³-hybridized carbons (Fsp3) is 0.667. The highest BCUT2D eigenvalue weighted by Gasteiger charge is 2.33. The molecule has 5 nitrogen and oxygen atoms in total. The number of aromatic nitrogens is 1. The molecule has 0 bridgehead atoms. The van der Waals surface area contributed by atoms with Crippen molar-refractivity contribution in [2.24, 2.45) is 5.92 Å². The van der Waals surface area contributed by atoms with Crippen molar-refractivity contribution in [2.45, 2.75) is 52.3 Å². The van der Waals surface area contributed by atoms with Gasteiger partial charge in [-0.2, -0.15) is 13.2 Å². The molecule has 1 aromatic rings. The van der Waals surface area contributed by atoms with E-state index in [2.05, 4.69) is 10.3 Å². The van der Waals surface area contributed by atoms with Crippen molar-refractivity contribution in [3.05, 3.63) is 23.5 Å². The highest BCUT2D eigenvalue weighted by Crippen LogP contribution is 2.30. The average Bonchev–Trinajstić information content (AvgIpc) is 2.50. The number of hydrogen-bond acceptors (Lipinski definition) is 4. The number of halogens is 3. The fourth-order valence-corrected chi connectivity index (χ4v) is 2.90. The third kappa shape index (κ3) is 6.07. The van der Waals surface area contributed by atoms with Crippen LogP contribution >= 0.6 is 0 Å². The summed E-state index contributed by atoms with van der Waals surface area (Å²) in [7, 11) is 0. The van der Waals surface area contributed by atoms with Crippen LogP contribution in [0.2, 0.25) is 0 Å². The second-order valence-corrected chi connectivity index (χ2v) is 7.70. The number of hydrogen-bond donors (Lipinski definition) is 1. The SMILES string of the molecule is Cc1cc(NCC2CCCN(C(=O)OC(C)(C)C)C2)cc(C(F)(F)F)n1. The first-order chi connectivity index (χ1) is 11.9. The average molecular weight is 373 g/mol. The normalized spacial score (nSPS) is 18.6. The smallest absolute Gasteiger partial charge is 0.433 e. The van der Waals surface area contributed by atoms with E-state index in [4.69, 9.17) is 4.74 Å². The van der Waals surface area contributed by atoms with Gasteiger partial charge in [-0.3, -0.25) is 0 Å². The molecule has 0 radical (unpaired) electrons. The van der Waals surface area contributed by atoms with Gasteiger partial charge in [-0.05, 0) is 58.6 Å². The number of rotatable bonds is 3. The summed E-state index contributed by atoms with van der Waals surface area (Å²) >= 11 is 0. The molecule has 1 atom stereocenters. The molecule has 2 rings (SSSR count). The summed E-state index contributed by atoms with van der Waals surface area (Å²) in [6.07, 6.45) is -3.07. The van der Waals surface area contributed by atoms with Gasteiger partial charge in [0, 0.05) is 31.0 Å². The lowest BCUT2D eigenvalue weighted by atomic mass is 9.98. The molecule has 0 saturated carbocycles. The number of carbonyl (C=O) groups excluding carboxylic acids is 1. The molecule has 1 aliphatic heterocycles. The molecule has 8 heteroatoms. The predicted molar refractivity (Wildman–Crippen MR) is 93.0 cm³/mol. The molecule has 1 saturated heterocycles. The topological polar surface area (TPSA) is 54.5 Å². The number of ether oxygens (including phenoxy) is 1. The molecular weight excluding hydrogens is 347 g/mol. The lowest BCUT2D eigenvalue weighted by molar-refractivity contribution is -0.141. The largest absolute Gasteiger partial charge is 0.444 e. The molecule has 0 spiro atoms. The molecule has 1 amide bonds. The first-order valence-electron chi connectivity index (χ1n) is 8.72. The van der Waals surface area contributed by atoms with E-state index in [1.807, 2.05) is 20.8 Å². The van der Waals surface area contributed by atoms with Crippen LogP contribution in [0.15, 0.2) is 12.1 Å². The van der Waals surface area contributed by atoms with Gasteiger partial charge < -0.3 is 15.0 Å². The molecule has 1 unspecified atom stereocenters. The predicted octanol–water partition coefficient (Wildman–Crippen LogP) is 4.47. The van der Waals surface area contributed by atoms with E-state index in [1.54, 1.807) is 11.0 Å². The van der Waals surface area contributed by atoms with Crippen molar-refractivity contribution >= 4 is 11.8 Å². The van der Waals surface area contributed by atoms with E-state index in [1.165, 1.54) is 6.92 Å². The monoisotopic (exact) mass is 373 g/mol. The molecule has 2 heterocycles. The molecule has 26 heavy (non-hydrogen) atoms. The minimum Gasteiger partial charge on any atom is -0.444 e. The van der Waals surface area contributed by atoms with E-state index >= 15 is 0 Å². The van der Waals surface area contributed by atoms with Gasteiger partial charge in [0.1, 0.15) is 11.3 Å². The summed E-state index contributed by atoms with van der Waals surface area (Å²) in [5.41, 5.74) is -0.759.